The maximum absolute atomic E-state index is 12.2. The fraction of sp³-hybridized carbons (Fsp3) is 0.357. The van der Waals surface area contributed by atoms with Gasteiger partial charge < -0.3 is 0 Å². The molecule has 0 aliphatic carbocycles. The van der Waals surface area contributed by atoms with Gasteiger partial charge in [-0.1, -0.05) is 23.2 Å². The van der Waals surface area contributed by atoms with Crippen LogP contribution in [0.15, 0.2) is 22.3 Å². The van der Waals surface area contributed by atoms with Crippen molar-refractivity contribution < 1.29 is 8.42 Å². The molecular weight excluding hydrogens is 375 g/mol. The summed E-state index contributed by atoms with van der Waals surface area (Å²) in [6.45, 7) is 1.42. The number of H-pyrrole nitrogens is 1. The van der Waals surface area contributed by atoms with Gasteiger partial charge in [-0.2, -0.15) is 0 Å². The molecule has 10 heteroatoms. The van der Waals surface area contributed by atoms with Crippen LogP contribution in [0.5, 0.6) is 0 Å². The number of fused-ring (bicyclic) bond motifs is 1. The second kappa shape index (κ2) is 6.44. The van der Waals surface area contributed by atoms with Crippen molar-refractivity contribution in [2.45, 2.75) is 24.7 Å². The lowest BCUT2D eigenvalue weighted by atomic mass is 10.1. The first kappa shape index (κ1) is 17.3. The molecular formula is C14H14Cl2N4O3S. The van der Waals surface area contributed by atoms with E-state index in [0.717, 1.165) is 11.8 Å². The number of hydrogen-bond donors (Lipinski definition) is 1. The molecule has 0 aromatic carbocycles. The molecule has 24 heavy (non-hydrogen) atoms. The van der Waals surface area contributed by atoms with E-state index in [1.54, 1.807) is 0 Å². The molecule has 0 radical (unpaired) electrons. The van der Waals surface area contributed by atoms with Crippen LogP contribution >= 0.6 is 23.2 Å². The number of sulfone groups is 1. The number of rotatable bonds is 3. The summed E-state index contributed by atoms with van der Waals surface area (Å²) in [5.41, 5.74) is 1.29. The zero-order valence-corrected chi connectivity index (χ0v) is 15.0. The van der Waals surface area contributed by atoms with Gasteiger partial charge in [-0.3, -0.25) is 19.7 Å². The van der Waals surface area contributed by atoms with Crippen LogP contribution in [0.1, 0.15) is 16.8 Å². The Bertz CT molecular complexity index is 939. The number of pyridine rings is 1. The quantitative estimate of drug-likeness (QED) is 0.798. The summed E-state index contributed by atoms with van der Waals surface area (Å²) in [7, 11) is -3.55. The van der Waals surface area contributed by atoms with E-state index in [-0.39, 0.29) is 5.16 Å². The van der Waals surface area contributed by atoms with Crippen LogP contribution in [-0.2, 0) is 29.3 Å². The fourth-order valence-electron chi connectivity index (χ4n) is 2.58. The molecule has 7 nitrogen and oxygen atoms in total. The van der Waals surface area contributed by atoms with E-state index in [0.29, 0.717) is 47.4 Å². The van der Waals surface area contributed by atoms with Crippen LogP contribution in [0.3, 0.4) is 0 Å². The van der Waals surface area contributed by atoms with Gasteiger partial charge in [0.05, 0.1) is 21.3 Å². The summed E-state index contributed by atoms with van der Waals surface area (Å²) < 4.78 is 23.1. The smallest absolute Gasteiger partial charge is 0.256 e. The minimum Gasteiger partial charge on any atom is -0.297 e. The summed E-state index contributed by atoms with van der Waals surface area (Å²) in [6.07, 6.45) is 4.53. The fourth-order valence-corrected chi connectivity index (χ4v) is 3.62. The molecule has 128 valence electrons. The third-order valence-electron chi connectivity index (χ3n) is 3.81. The van der Waals surface area contributed by atoms with E-state index in [2.05, 4.69) is 15.0 Å². The van der Waals surface area contributed by atoms with Gasteiger partial charge >= 0.3 is 0 Å². The first-order valence-electron chi connectivity index (χ1n) is 7.08. The van der Waals surface area contributed by atoms with Crippen molar-refractivity contribution in [3.8, 4) is 0 Å². The summed E-state index contributed by atoms with van der Waals surface area (Å²) in [4.78, 5) is 24.6. The Morgan fingerprint density at radius 2 is 1.96 bits per heavy atom. The highest BCUT2D eigenvalue weighted by atomic mass is 35.5. The number of aromatic nitrogens is 3. The van der Waals surface area contributed by atoms with Crippen LogP contribution in [0.2, 0.25) is 10.0 Å². The van der Waals surface area contributed by atoms with Gasteiger partial charge in [0, 0.05) is 50.3 Å². The highest BCUT2D eigenvalue weighted by Crippen LogP contribution is 2.26. The van der Waals surface area contributed by atoms with Crippen LogP contribution in [0.25, 0.3) is 0 Å². The third-order valence-corrected chi connectivity index (χ3v) is 5.36. The second-order valence-corrected chi connectivity index (χ2v) is 8.36. The van der Waals surface area contributed by atoms with E-state index in [1.807, 2.05) is 4.90 Å². The van der Waals surface area contributed by atoms with Crippen molar-refractivity contribution in [1.29, 1.82) is 0 Å². The van der Waals surface area contributed by atoms with Gasteiger partial charge in [-0.15, -0.1) is 0 Å². The van der Waals surface area contributed by atoms with Crippen molar-refractivity contribution in [2.24, 2.45) is 0 Å². The topological polar surface area (TPSA) is 96.0 Å². The molecule has 1 aliphatic rings. The summed E-state index contributed by atoms with van der Waals surface area (Å²) in [6, 6.07) is 0. The molecule has 0 bridgehead atoms. The molecule has 1 aliphatic heterocycles. The monoisotopic (exact) mass is 388 g/mol. The Hall–Kier alpha value is -1.48. The van der Waals surface area contributed by atoms with Crippen LogP contribution in [0.4, 0.5) is 0 Å². The van der Waals surface area contributed by atoms with Gasteiger partial charge in [-0.25, -0.2) is 13.4 Å². The molecule has 0 atom stereocenters. The minimum atomic E-state index is -3.55. The molecule has 2 aromatic heterocycles. The predicted molar refractivity (Wildman–Crippen MR) is 90.0 cm³/mol. The Morgan fingerprint density at radius 3 is 2.58 bits per heavy atom. The third kappa shape index (κ3) is 3.46. The van der Waals surface area contributed by atoms with Crippen molar-refractivity contribution in [3.05, 3.63) is 49.6 Å². The summed E-state index contributed by atoms with van der Waals surface area (Å²) in [5.74, 6) is 0. The number of aromatic amines is 1. The maximum atomic E-state index is 12.2. The largest absolute Gasteiger partial charge is 0.297 e. The van der Waals surface area contributed by atoms with Gasteiger partial charge in [-0.05, 0) is 0 Å². The van der Waals surface area contributed by atoms with E-state index < -0.39 is 15.4 Å². The first-order chi connectivity index (χ1) is 11.3. The number of nitrogens with zero attached hydrogens (tertiary/aromatic N) is 3. The van der Waals surface area contributed by atoms with Gasteiger partial charge in [0.1, 0.15) is 0 Å². The zero-order valence-electron chi connectivity index (χ0n) is 12.7. The number of hydrogen-bond acceptors (Lipinski definition) is 6. The number of nitrogens with one attached hydrogen (secondary N) is 1. The summed E-state index contributed by atoms with van der Waals surface area (Å²) in [5, 5.41) is 0.639. The molecule has 3 rings (SSSR count). The average molecular weight is 389 g/mol. The molecule has 0 spiro atoms. The van der Waals surface area contributed by atoms with Crippen LogP contribution in [0, 0.1) is 0 Å². The Morgan fingerprint density at radius 1 is 1.29 bits per heavy atom. The molecule has 0 unspecified atom stereocenters. The normalized spacial score (nSPS) is 15.3. The molecule has 0 amide bonds. The van der Waals surface area contributed by atoms with Gasteiger partial charge in [0.2, 0.25) is 15.0 Å². The van der Waals surface area contributed by atoms with Crippen LogP contribution in [-0.4, -0.2) is 41.1 Å². The standard InChI is InChI=1S/C14H14Cl2N4O3S/c1-24(22,23)14-18-12-2-3-20(7-9(12)13(21)19-14)6-8-10(15)4-17-5-11(8)16/h4-5H,2-3,6-7H2,1H3,(H,18,19,21). The Labute approximate surface area is 148 Å². The second-order valence-electron chi connectivity index (χ2n) is 5.61. The Kier molecular flexibility index (Phi) is 4.65. The Balaban J connectivity index is 1.89. The first-order valence-corrected chi connectivity index (χ1v) is 9.73. The lowest BCUT2D eigenvalue weighted by Gasteiger charge is -2.28. The van der Waals surface area contributed by atoms with Crippen molar-refractivity contribution in [1.82, 2.24) is 19.9 Å². The zero-order chi connectivity index (χ0) is 17.5. The SMILES string of the molecule is CS(=O)(=O)c1nc2c(c(=O)[nH]1)CN(Cc1c(Cl)cncc1Cl)CC2. The average Bonchev–Trinajstić information content (AvgIpc) is 2.50. The van der Waals surface area contributed by atoms with E-state index in [1.165, 1.54) is 12.4 Å². The number of halogens is 2. The summed E-state index contributed by atoms with van der Waals surface area (Å²) >= 11 is 12.3. The van der Waals surface area contributed by atoms with E-state index in [9.17, 15) is 13.2 Å². The highest BCUT2D eigenvalue weighted by Gasteiger charge is 2.24. The van der Waals surface area contributed by atoms with Gasteiger partial charge in [0.25, 0.3) is 5.56 Å². The molecule has 0 saturated heterocycles. The minimum absolute atomic E-state index is 0.292. The van der Waals surface area contributed by atoms with Crippen molar-refractivity contribution in [2.75, 3.05) is 12.8 Å². The van der Waals surface area contributed by atoms with E-state index >= 15 is 0 Å². The highest BCUT2D eigenvalue weighted by molar-refractivity contribution is 7.90. The maximum Gasteiger partial charge on any atom is 0.256 e. The molecule has 1 N–H and O–H groups in total. The van der Waals surface area contributed by atoms with Gasteiger partial charge in [0.15, 0.2) is 0 Å². The lowest BCUT2D eigenvalue weighted by Crippen LogP contribution is -2.36. The van der Waals surface area contributed by atoms with Crippen molar-refractivity contribution >= 4 is 33.0 Å². The van der Waals surface area contributed by atoms with E-state index in [4.69, 9.17) is 23.2 Å². The molecule has 0 saturated carbocycles. The molecule has 2 aromatic rings. The predicted octanol–water partition coefficient (Wildman–Crippen LogP) is 1.43. The molecule has 3 heterocycles. The van der Waals surface area contributed by atoms with Crippen molar-refractivity contribution in [3.63, 3.8) is 0 Å². The lowest BCUT2D eigenvalue weighted by molar-refractivity contribution is 0.241. The molecule has 0 fully saturated rings. The van der Waals surface area contributed by atoms with Crippen LogP contribution < -0.4 is 5.56 Å².